The van der Waals surface area contributed by atoms with Crippen molar-refractivity contribution in [3.8, 4) is 11.5 Å². The molecule has 0 heterocycles. The number of carbonyl (C=O) groups is 2. The van der Waals surface area contributed by atoms with Gasteiger partial charge in [0.2, 0.25) is 11.8 Å². The van der Waals surface area contributed by atoms with E-state index >= 15 is 0 Å². The zero-order valence-electron chi connectivity index (χ0n) is 19.3. The van der Waals surface area contributed by atoms with Crippen molar-refractivity contribution in [1.29, 1.82) is 0 Å². The van der Waals surface area contributed by atoms with Gasteiger partial charge in [-0.3, -0.25) is 9.59 Å². The number of rotatable bonds is 10. The highest BCUT2D eigenvalue weighted by molar-refractivity contribution is 5.92. The molecule has 0 atom stereocenters. The Morgan fingerprint density at radius 3 is 1.29 bits per heavy atom. The van der Waals surface area contributed by atoms with Crippen LogP contribution in [0.2, 0.25) is 0 Å². The van der Waals surface area contributed by atoms with Crippen LogP contribution in [0.1, 0.15) is 22.3 Å². The molecule has 0 aliphatic carbocycles. The lowest BCUT2D eigenvalue weighted by Gasteiger charge is -2.06. The number of methoxy groups -OCH3 is 2. The molecule has 34 heavy (non-hydrogen) atoms. The molecule has 2 amide bonds. The minimum Gasteiger partial charge on any atom is -0.497 e. The first-order valence-electron chi connectivity index (χ1n) is 10.8. The first-order valence-corrected chi connectivity index (χ1v) is 10.8. The van der Waals surface area contributed by atoms with Gasteiger partial charge in [0.1, 0.15) is 11.5 Å². The molecule has 2 N–H and O–H groups in total. The van der Waals surface area contributed by atoms with Crippen LogP contribution < -0.4 is 20.1 Å². The van der Waals surface area contributed by atoms with E-state index in [0.29, 0.717) is 13.1 Å². The Kier molecular flexibility index (Phi) is 9.05. The minimum atomic E-state index is -0.171. The van der Waals surface area contributed by atoms with Gasteiger partial charge in [-0.1, -0.05) is 48.5 Å². The molecule has 0 unspecified atom stereocenters. The molecule has 6 nitrogen and oxygen atoms in total. The highest BCUT2D eigenvalue weighted by Gasteiger charge is 2.01. The van der Waals surface area contributed by atoms with Crippen molar-refractivity contribution in [2.75, 3.05) is 14.2 Å². The average molecular weight is 457 g/mol. The summed E-state index contributed by atoms with van der Waals surface area (Å²) in [5.41, 5.74) is 3.78. The van der Waals surface area contributed by atoms with Gasteiger partial charge >= 0.3 is 0 Å². The zero-order valence-corrected chi connectivity index (χ0v) is 19.3. The van der Waals surface area contributed by atoms with Crippen LogP contribution in [0.25, 0.3) is 12.2 Å². The monoisotopic (exact) mass is 456 g/mol. The number of amides is 2. The molecule has 174 valence electrons. The van der Waals surface area contributed by atoms with Crippen molar-refractivity contribution in [2.24, 2.45) is 0 Å². The SMILES string of the molecule is COc1ccc(/C=C/C(=O)NCc2ccc(CNC(=O)/C=C/c3ccc(OC)cc3)cc2)cc1. The van der Waals surface area contributed by atoms with Crippen molar-refractivity contribution < 1.29 is 19.1 Å². The average Bonchev–Trinajstić information content (AvgIpc) is 2.89. The summed E-state index contributed by atoms with van der Waals surface area (Å²) in [5, 5.41) is 5.73. The van der Waals surface area contributed by atoms with Crippen LogP contribution in [0.3, 0.4) is 0 Å². The Hall–Kier alpha value is -4.32. The Labute approximate surface area is 199 Å². The van der Waals surface area contributed by atoms with E-state index < -0.39 is 0 Å². The Morgan fingerprint density at radius 1 is 0.618 bits per heavy atom. The summed E-state index contributed by atoms with van der Waals surface area (Å²) in [4.78, 5) is 24.1. The van der Waals surface area contributed by atoms with Crippen LogP contribution in [0.4, 0.5) is 0 Å². The van der Waals surface area contributed by atoms with Gasteiger partial charge in [0.05, 0.1) is 14.2 Å². The Morgan fingerprint density at radius 2 is 0.971 bits per heavy atom. The molecule has 0 aliphatic rings. The van der Waals surface area contributed by atoms with Crippen LogP contribution >= 0.6 is 0 Å². The minimum absolute atomic E-state index is 0.171. The molecule has 0 saturated carbocycles. The van der Waals surface area contributed by atoms with Gasteiger partial charge in [0.15, 0.2) is 0 Å². The van der Waals surface area contributed by atoms with Gasteiger partial charge in [-0.25, -0.2) is 0 Å². The molecule has 0 aromatic heterocycles. The highest BCUT2D eigenvalue weighted by Crippen LogP contribution is 2.13. The third-order valence-corrected chi connectivity index (χ3v) is 5.04. The van der Waals surface area contributed by atoms with E-state index in [1.54, 1.807) is 26.4 Å². The van der Waals surface area contributed by atoms with Gasteiger partial charge in [0.25, 0.3) is 0 Å². The second kappa shape index (κ2) is 12.6. The molecule has 0 saturated heterocycles. The molecule has 0 fully saturated rings. The van der Waals surface area contributed by atoms with Crippen LogP contribution in [0, 0.1) is 0 Å². The molecule has 3 aromatic carbocycles. The summed E-state index contributed by atoms with van der Waals surface area (Å²) < 4.78 is 10.2. The van der Waals surface area contributed by atoms with E-state index in [9.17, 15) is 9.59 Å². The maximum Gasteiger partial charge on any atom is 0.244 e. The summed E-state index contributed by atoms with van der Waals surface area (Å²) in [6, 6.07) is 22.7. The standard InChI is InChI=1S/C28H28N2O4/c1-33-25-13-7-21(8-14-25)11-17-27(31)29-19-23-3-5-24(6-4-23)20-30-28(32)18-12-22-9-15-26(34-2)16-10-22/h3-18H,19-20H2,1-2H3,(H,29,31)(H,30,32)/b17-11+,18-12+. The number of ether oxygens (including phenoxy) is 2. The third kappa shape index (κ3) is 7.98. The number of hydrogen-bond donors (Lipinski definition) is 2. The highest BCUT2D eigenvalue weighted by atomic mass is 16.5. The third-order valence-electron chi connectivity index (χ3n) is 5.04. The first-order chi connectivity index (χ1) is 16.6. The van der Waals surface area contributed by atoms with E-state index in [1.807, 2.05) is 72.8 Å². The summed E-state index contributed by atoms with van der Waals surface area (Å²) in [6.07, 6.45) is 6.52. The molecule has 0 spiro atoms. The number of hydrogen-bond acceptors (Lipinski definition) is 4. The van der Waals surface area contributed by atoms with Crippen LogP contribution in [-0.2, 0) is 22.7 Å². The summed E-state index contributed by atoms with van der Waals surface area (Å²) in [5.74, 6) is 1.20. The summed E-state index contributed by atoms with van der Waals surface area (Å²) in [6.45, 7) is 0.839. The maximum absolute atomic E-state index is 12.1. The van der Waals surface area contributed by atoms with Crippen molar-refractivity contribution in [2.45, 2.75) is 13.1 Å². The maximum atomic E-state index is 12.1. The first kappa shape index (κ1) is 24.3. The van der Waals surface area contributed by atoms with Gasteiger partial charge in [-0.05, 0) is 58.7 Å². The second-order valence-corrected chi connectivity index (χ2v) is 7.47. The molecule has 0 bridgehead atoms. The molecule has 0 aliphatic heterocycles. The number of nitrogens with one attached hydrogen (secondary N) is 2. The van der Waals surface area contributed by atoms with E-state index in [1.165, 1.54) is 12.2 Å². The van der Waals surface area contributed by atoms with Crippen molar-refractivity contribution >= 4 is 24.0 Å². The molecular weight excluding hydrogens is 428 g/mol. The largest absolute Gasteiger partial charge is 0.497 e. The fourth-order valence-electron chi connectivity index (χ4n) is 3.05. The summed E-state index contributed by atoms with van der Waals surface area (Å²) in [7, 11) is 3.23. The topological polar surface area (TPSA) is 76.7 Å². The van der Waals surface area contributed by atoms with Gasteiger partial charge in [-0.2, -0.15) is 0 Å². The predicted octanol–water partition coefficient (Wildman–Crippen LogP) is 4.36. The van der Waals surface area contributed by atoms with Crippen LogP contribution in [0.15, 0.2) is 84.9 Å². The van der Waals surface area contributed by atoms with Crippen molar-refractivity contribution in [1.82, 2.24) is 10.6 Å². The van der Waals surface area contributed by atoms with E-state index in [0.717, 1.165) is 33.8 Å². The lowest BCUT2D eigenvalue weighted by atomic mass is 10.1. The van der Waals surface area contributed by atoms with Crippen LogP contribution in [0.5, 0.6) is 11.5 Å². The lowest BCUT2D eigenvalue weighted by Crippen LogP contribution is -2.21. The summed E-state index contributed by atoms with van der Waals surface area (Å²) >= 11 is 0. The Bertz CT molecular complexity index is 1040. The van der Waals surface area contributed by atoms with Gasteiger partial charge < -0.3 is 20.1 Å². The normalized spacial score (nSPS) is 10.9. The van der Waals surface area contributed by atoms with E-state index in [-0.39, 0.29) is 11.8 Å². The fraction of sp³-hybridized carbons (Fsp3) is 0.143. The molecular formula is C28H28N2O4. The molecule has 6 heteroatoms. The predicted molar refractivity (Wildman–Crippen MR) is 134 cm³/mol. The second-order valence-electron chi connectivity index (χ2n) is 7.47. The number of carbonyl (C=O) groups excluding carboxylic acids is 2. The smallest absolute Gasteiger partial charge is 0.244 e. The quantitative estimate of drug-likeness (QED) is 0.445. The van der Waals surface area contributed by atoms with Gasteiger partial charge in [0, 0.05) is 25.2 Å². The van der Waals surface area contributed by atoms with Gasteiger partial charge in [-0.15, -0.1) is 0 Å². The van der Waals surface area contributed by atoms with Crippen molar-refractivity contribution in [3.63, 3.8) is 0 Å². The van der Waals surface area contributed by atoms with Crippen molar-refractivity contribution in [3.05, 3.63) is 107 Å². The van der Waals surface area contributed by atoms with E-state index in [2.05, 4.69) is 10.6 Å². The van der Waals surface area contributed by atoms with Crippen LogP contribution in [-0.4, -0.2) is 26.0 Å². The molecule has 0 radical (unpaired) electrons. The lowest BCUT2D eigenvalue weighted by molar-refractivity contribution is -0.117. The molecule has 3 aromatic rings. The number of benzene rings is 3. The fourth-order valence-corrected chi connectivity index (χ4v) is 3.05. The Balaban J connectivity index is 1.40. The zero-order chi connectivity index (χ0) is 24.2. The van der Waals surface area contributed by atoms with E-state index in [4.69, 9.17) is 9.47 Å². The molecule has 3 rings (SSSR count).